The Labute approximate surface area is 73.0 Å². The van der Waals surface area contributed by atoms with Gasteiger partial charge in [0.1, 0.15) is 0 Å². The third-order valence-corrected chi connectivity index (χ3v) is 2.19. The molecular weight excluding hydrogens is 152 g/mol. The van der Waals surface area contributed by atoms with Crippen molar-refractivity contribution in [1.82, 2.24) is 4.90 Å². The van der Waals surface area contributed by atoms with E-state index in [0.717, 1.165) is 25.7 Å². The molecule has 0 N–H and O–H groups in total. The largest absolute Gasteiger partial charge is 0.274 e. The summed E-state index contributed by atoms with van der Waals surface area (Å²) in [6, 6.07) is 0. The summed E-state index contributed by atoms with van der Waals surface area (Å²) in [5.41, 5.74) is 0. The number of amides is 1. The number of rotatable bonds is 0. The van der Waals surface area contributed by atoms with Crippen molar-refractivity contribution in [2.24, 2.45) is 0 Å². The van der Waals surface area contributed by atoms with Crippen molar-refractivity contribution in [3.63, 3.8) is 0 Å². The molecule has 0 atom stereocenters. The van der Waals surface area contributed by atoms with Crippen LogP contribution < -0.4 is 0 Å². The molecule has 1 heterocycles. The summed E-state index contributed by atoms with van der Waals surface area (Å²) in [6.07, 6.45) is 7.87. The van der Waals surface area contributed by atoms with Crippen LogP contribution in [0.3, 0.4) is 0 Å². The second kappa shape index (κ2) is 4.76. The minimum Gasteiger partial charge on any atom is -0.274 e. The van der Waals surface area contributed by atoms with Crippen LogP contribution in [0.1, 0.15) is 38.5 Å². The summed E-state index contributed by atoms with van der Waals surface area (Å²) in [6.45, 7) is 0.620. The number of carbonyl (C=O) groups is 1. The van der Waals surface area contributed by atoms with E-state index in [9.17, 15) is 4.79 Å². The molecule has 66 valence electrons. The van der Waals surface area contributed by atoms with Crippen LogP contribution in [0.2, 0.25) is 0 Å². The maximum absolute atomic E-state index is 11.3. The lowest BCUT2D eigenvalue weighted by Gasteiger charge is -2.10. The Balaban J connectivity index is 2.48. The van der Waals surface area contributed by atoms with Crippen LogP contribution in [0.5, 0.6) is 0 Å². The van der Waals surface area contributed by atoms with Crippen LogP contribution in [0, 0.1) is 11.5 Å². The first kappa shape index (κ1) is 9.05. The minimum atomic E-state index is -0.000556. The Kier molecular flexibility index (Phi) is 3.59. The molecule has 0 aromatic carbocycles. The molecule has 1 aliphatic rings. The van der Waals surface area contributed by atoms with Crippen molar-refractivity contribution in [2.75, 3.05) is 6.54 Å². The predicted octanol–water partition coefficient (Wildman–Crippen LogP) is 1.65. The fourth-order valence-corrected chi connectivity index (χ4v) is 1.44. The highest BCUT2D eigenvalue weighted by molar-refractivity contribution is 5.77. The van der Waals surface area contributed by atoms with E-state index in [4.69, 9.17) is 5.26 Å². The molecule has 0 bridgehead atoms. The third kappa shape index (κ3) is 2.54. The number of hydrogen-bond acceptors (Lipinski definition) is 2. The van der Waals surface area contributed by atoms with E-state index in [-0.39, 0.29) is 5.91 Å². The summed E-state index contributed by atoms with van der Waals surface area (Å²) in [5, 5.41) is 8.63. The summed E-state index contributed by atoms with van der Waals surface area (Å²) < 4.78 is 0. The van der Waals surface area contributed by atoms with Crippen LogP contribution in [0.4, 0.5) is 0 Å². The van der Waals surface area contributed by atoms with Gasteiger partial charge >= 0.3 is 0 Å². The monoisotopic (exact) mass is 166 g/mol. The van der Waals surface area contributed by atoms with E-state index < -0.39 is 0 Å². The highest BCUT2D eigenvalue weighted by Crippen LogP contribution is 2.11. The van der Waals surface area contributed by atoms with Gasteiger partial charge in [0, 0.05) is 13.0 Å². The fraction of sp³-hybridized carbons (Fsp3) is 0.778. The molecule has 0 aromatic heterocycles. The molecule has 1 aliphatic heterocycles. The third-order valence-electron chi connectivity index (χ3n) is 2.19. The van der Waals surface area contributed by atoms with Crippen LogP contribution in [-0.4, -0.2) is 17.4 Å². The quantitative estimate of drug-likeness (QED) is 0.513. The Hall–Kier alpha value is -1.04. The van der Waals surface area contributed by atoms with Crippen molar-refractivity contribution in [2.45, 2.75) is 38.5 Å². The van der Waals surface area contributed by atoms with Crippen LogP contribution >= 0.6 is 0 Å². The molecule has 3 heteroatoms. The van der Waals surface area contributed by atoms with Gasteiger partial charge in [-0.1, -0.05) is 19.3 Å². The first-order chi connectivity index (χ1) is 5.84. The van der Waals surface area contributed by atoms with Crippen LogP contribution in [0.15, 0.2) is 0 Å². The number of carbonyl (C=O) groups excluding carboxylic acids is 1. The Bertz CT molecular complexity index is 195. The molecule has 1 fully saturated rings. The van der Waals surface area contributed by atoms with Gasteiger partial charge in [-0.25, -0.2) is 4.90 Å². The molecule has 1 rings (SSSR count). The molecule has 0 spiro atoms. The lowest BCUT2D eigenvalue weighted by Crippen LogP contribution is -2.26. The van der Waals surface area contributed by atoms with Gasteiger partial charge < -0.3 is 0 Å². The molecule has 0 radical (unpaired) electrons. The summed E-state index contributed by atoms with van der Waals surface area (Å²) in [5.74, 6) is -0.000556. The molecule has 0 saturated carbocycles. The zero-order valence-corrected chi connectivity index (χ0v) is 7.25. The number of nitrogens with zero attached hydrogens (tertiary/aromatic N) is 2. The minimum absolute atomic E-state index is 0.000556. The highest BCUT2D eigenvalue weighted by atomic mass is 16.2. The molecule has 3 nitrogen and oxygen atoms in total. The molecule has 12 heavy (non-hydrogen) atoms. The molecule has 0 unspecified atom stereocenters. The van der Waals surface area contributed by atoms with Crippen LogP contribution in [0.25, 0.3) is 0 Å². The summed E-state index contributed by atoms with van der Waals surface area (Å²) >= 11 is 0. The second-order valence-electron chi connectivity index (χ2n) is 3.16. The first-order valence-electron chi connectivity index (χ1n) is 4.54. The van der Waals surface area contributed by atoms with Gasteiger partial charge in [0.2, 0.25) is 5.91 Å². The standard InChI is InChI=1S/C9H14N2O/c10-8-11-7-5-3-1-2-4-6-9(11)12/h1-7H2. The maximum atomic E-state index is 11.3. The topological polar surface area (TPSA) is 44.1 Å². The average Bonchev–Trinajstić information content (AvgIpc) is 2.17. The van der Waals surface area contributed by atoms with Crippen LogP contribution in [-0.2, 0) is 4.79 Å². The van der Waals surface area contributed by atoms with Gasteiger partial charge in [0.25, 0.3) is 0 Å². The Morgan fingerprint density at radius 1 is 1.17 bits per heavy atom. The second-order valence-corrected chi connectivity index (χ2v) is 3.16. The predicted molar refractivity (Wildman–Crippen MR) is 45.0 cm³/mol. The zero-order chi connectivity index (χ0) is 8.81. The van der Waals surface area contributed by atoms with Gasteiger partial charge in [0.15, 0.2) is 6.19 Å². The highest BCUT2D eigenvalue weighted by Gasteiger charge is 2.13. The molecule has 1 saturated heterocycles. The first-order valence-corrected chi connectivity index (χ1v) is 4.54. The number of nitriles is 1. The SMILES string of the molecule is N#CN1CCCCCCCC1=O. The summed E-state index contributed by atoms with van der Waals surface area (Å²) in [4.78, 5) is 12.6. The summed E-state index contributed by atoms with van der Waals surface area (Å²) in [7, 11) is 0. The molecular formula is C9H14N2O. The Morgan fingerprint density at radius 2 is 1.83 bits per heavy atom. The van der Waals surface area contributed by atoms with Crippen molar-refractivity contribution < 1.29 is 4.79 Å². The van der Waals surface area contributed by atoms with Gasteiger partial charge in [-0.15, -0.1) is 0 Å². The van der Waals surface area contributed by atoms with E-state index in [2.05, 4.69) is 0 Å². The van der Waals surface area contributed by atoms with Crippen molar-refractivity contribution in [1.29, 1.82) is 5.26 Å². The van der Waals surface area contributed by atoms with Crippen molar-refractivity contribution in [3.8, 4) is 6.19 Å². The zero-order valence-electron chi connectivity index (χ0n) is 7.25. The maximum Gasteiger partial charge on any atom is 0.235 e. The Morgan fingerprint density at radius 3 is 2.58 bits per heavy atom. The van der Waals surface area contributed by atoms with E-state index in [1.54, 1.807) is 0 Å². The van der Waals surface area contributed by atoms with E-state index in [1.807, 2.05) is 6.19 Å². The van der Waals surface area contributed by atoms with Gasteiger partial charge in [-0.3, -0.25) is 4.79 Å². The van der Waals surface area contributed by atoms with E-state index >= 15 is 0 Å². The van der Waals surface area contributed by atoms with Gasteiger partial charge in [-0.2, -0.15) is 5.26 Å². The van der Waals surface area contributed by atoms with Gasteiger partial charge in [-0.05, 0) is 12.8 Å². The lowest BCUT2D eigenvalue weighted by molar-refractivity contribution is -0.128. The average molecular weight is 166 g/mol. The van der Waals surface area contributed by atoms with Crippen molar-refractivity contribution in [3.05, 3.63) is 0 Å². The lowest BCUT2D eigenvalue weighted by atomic mass is 10.1. The molecule has 0 aromatic rings. The number of hydrogen-bond donors (Lipinski definition) is 0. The smallest absolute Gasteiger partial charge is 0.235 e. The van der Waals surface area contributed by atoms with E-state index in [1.165, 1.54) is 11.3 Å². The van der Waals surface area contributed by atoms with E-state index in [0.29, 0.717) is 13.0 Å². The normalized spacial score (nSPS) is 20.6. The molecule has 0 aliphatic carbocycles. The molecule has 1 amide bonds. The van der Waals surface area contributed by atoms with Gasteiger partial charge in [0.05, 0.1) is 0 Å². The van der Waals surface area contributed by atoms with Crippen molar-refractivity contribution >= 4 is 5.91 Å². The fourth-order valence-electron chi connectivity index (χ4n) is 1.44.